The number of halogens is 1. The number of thiazole rings is 1. The van der Waals surface area contributed by atoms with Crippen molar-refractivity contribution >= 4 is 38.6 Å². The van der Waals surface area contributed by atoms with Crippen molar-refractivity contribution in [2.24, 2.45) is 4.99 Å². The first-order valence-corrected chi connectivity index (χ1v) is 5.85. The van der Waals surface area contributed by atoms with Gasteiger partial charge in [-0.05, 0) is 18.2 Å². The van der Waals surface area contributed by atoms with Crippen molar-refractivity contribution in [2.75, 3.05) is 0 Å². The van der Waals surface area contributed by atoms with Gasteiger partial charge in [0.25, 0.3) is 0 Å². The van der Waals surface area contributed by atoms with Crippen LogP contribution < -0.4 is 0 Å². The topological polar surface area (TPSA) is 45.5 Å². The Morgan fingerprint density at radius 2 is 2.33 bits per heavy atom. The van der Waals surface area contributed by atoms with Crippen LogP contribution >= 0.6 is 27.3 Å². The predicted octanol–water partition coefficient (Wildman–Crippen LogP) is 3.36. The van der Waals surface area contributed by atoms with E-state index in [4.69, 9.17) is 0 Å². The Bertz CT molecular complexity index is 482. The molecule has 0 spiro atoms. The summed E-state index contributed by atoms with van der Waals surface area (Å²) in [7, 11) is 0. The molecule has 3 nitrogen and oxygen atoms in total. The molecule has 0 fully saturated rings. The Balaban J connectivity index is 2.27. The molecule has 0 unspecified atom stereocenters. The Morgan fingerprint density at radius 3 is 3.07 bits per heavy atom. The molecule has 0 bridgehead atoms. The van der Waals surface area contributed by atoms with Gasteiger partial charge in [-0.3, -0.25) is 0 Å². The zero-order chi connectivity index (χ0) is 10.7. The zero-order valence-electron chi connectivity index (χ0n) is 7.59. The lowest BCUT2D eigenvalue weighted by Gasteiger charge is -1.97. The van der Waals surface area contributed by atoms with E-state index in [2.05, 4.69) is 25.9 Å². The Labute approximate surface area is 99.3 Å². The van der Waals surface area contributed by atoms with Crippen LogP contribution in [0, 0.1) is 0 Å². The maximum atomic E-state index is 9.30. The molecule has 0 radical (unpaired) electrons. The summed E-state index contributed by atoms with van der Waals surface area (Å²) in [5.41, 5.74) is 0.824. The normalized spacial score (nSPS) is 11.0. The van der Waals surface area contributed by atoms with Crippen LogP contribution in [0.4, 0.5) is 5.13 Å². The number of hydrogen-bond acceptors (Lipinski definition) is 4. The molecule has 0 aliphatic rings. The standard InChI is InChI=1S/C10H7BrN2OS/c11-9-2-1-8(14)5-7(9)6-13-10-12-3-4-15-10/h1-6,14H/b13-6+. The second kappa shape index (κ2) is 4.55. The number of hydrogen-bond donors (Lipinski definition) is 1. The molecular weight excluding hydrogens is 276 g/mol. The highest BCUT2D eigenvalue weighted by atomic mass is 79.9. The minimum Gasteiger partial charge on any atom is -0.508 e. The fourth-order valence-corrected chi connectivity index (χ4v) is 1.86. The minimum absolute atomic E-state index is 0.221. The van der Waals surface area contributed by atoms with Crippen molar-refractivity contribution in [1.82, 2.24) is 4.98 Å². The molecule has 2 rings (SSSR count). The summed E-state index contributed by atoms with van der Waals surface area (Å²) in [4.78, 5) is 8.21. The highest BCUT2D eigenvalue weighted by Gasteiger charge is 1.98. The van der Waals surface area contributed by atoms with Crippen LogP contribution in [0.3, 0.4) is 0 Å². The molecule has 1 heterocycles. The zero-order valence-corrected chi connectivity index (χ0v) is 9.99. The lowest BCUT2D eigenvalue weighted by molar-refractivity contribution is 0.475. The average molecular weight is 283 g/mol. The summed E-state index contributed by atoms with van der Waals surface area (Å²) >= 11 is 4.84. The third kappa shape index (κ3) is 2.64. The number of rotatable bonds is 2. The molecule has 1 aromatic carbocycles. The van der Waals surface area contributed by atoms with Gasteiger partial charge in [0.1, 0.15) is 5.75 Å². The van der Waals surface area contributed by atoms with Crippen LogP contribution in [0.25, 0.3) is 0 Å². The van der Waals surface area contributed by atoms with Crippen molar-refractivity contribution in [3.63, 3.8) is 0 Å². The second-order valence-corrected chi connectivity index (χ2v) is 4.51. The van der Waals surface area contributed by atoms with Crippen LogP contribution in [0.5, 0.6) is 5.75 Å². The van der Waals surface area contributed by atoms with Crippen LogP contribution in [0.1, 0.15) is 5.56 Å². The number of aliphatic imine (C=N–C) groups is 1. The fourth-order valence-electron chi connectivity index (χ4n) is 1.03. The molecule has 76 valence electrons. The summed E-state index contributed by atoms with van der Waals surface area (Å²) in [5.74, 6) is 0.221. The first-order chi connectivity index (χ1) is 7.25. The van der Waals surface area contributed by atoms with E-state index < -0.39 is 0 Å². The molecule has 0 amide bonds. The van der Waals surface area contributed by atoms with E-state index in [1.165, 1.54) is 11.3 Å². The van der Waals surface area contributed by atoms with Gasteiger partial charge in [0.2, 0.25) is 5.13 Å². The third-order valence-electron chi connectivity index (χ3n) is 1.71. The summed E-state index contributed by atoms with van der Waals surface area (Å²) in [5, 5.41) is 11.9. The summed E-state index contributed by atoms with van der Waals surface area (Å²) in [6.45, 7) is 0. The van der Waals surface area contributed by atoms with E-state index in [1.54, 1.807) is 30.6 Å². The first-order valence-electron chi connectivity index (χ1n) is 4.18. The molecule has 0 aliphatic carbocycles. The molecule has 5 heteroatoms. The van der Waals surface area contributed by atoms with Crippen molar-refractivity contribution < 1.29 is 5.11 Å². The first kappa shape index (κ1) is 10.3. The molecule has 1 aromatic heterocycles. The van der Waals surface area contributed by atoms with Crippen molar-refractivity contribution in [3.05, 3.63) is 39.8 Å². The molecule has 15 heavy (non-hydrogen) atoms. The molecule has 0 aliphatic heterocycles. The molecular formula is C10H7BrN2OS. The molecule has 1 N–H and O–H groups in total. The van der Waals surface area contributed by atoms with Gasteiger partial charge >= 0.3 is 0 Å². The van der Waals surface area contributed by atoms with Crippen LogP contribution in [0.2, 0.25) is 0 Å². The number of nitrogens with zero attached hydrogens (tertiary/aromatic N) is 2. The maximum absolute atomic E-state index is 9.30. The number of benzene rings is 1. The number of aromatic hydroxyl groups is 1. The van der Waals surface area contributed by atoms with Gasteiger partial charge in [-0.15, -0.1) is 11.3 Å². The maximum Gasteiger partial charge on any atom is 0.208 e. The van der Waals surface area contributed by atoms with Crippen molar-refractivity contribution in [2.45, 2.75) is 0 Å². The molecule has 0 atom stereocenters. The van der Waals surface area contributed by atoms with E-state index in [0.717, 1.165) is 10.0 Å². The van der Waals surface area contributed by atoms with E-state index in [0.29, 0.717) is 5.13 Å². The number of phenolic OH excluding ortho intramolecular Hbond substituents is 1. The number of phenols is 1. The van der Waals surface area contributed by atoms with Gasteiger partial charge in [0, 0.05) is 27.8 Å². The smallest absolute Gasteiger partial charge is 0.208 e. The van der Waals surface area contributed by atoms with E-state index in [1.807, 2.05) is 5.38 Å². The molecule has 0 saturated carbocycles. The lowest BCUT2D eigenvalue weighted by atomic mass is 10.2. The van der Waals surface area contributed by atoms with Gasteiger partial charge in [0.05, 0.1) is 0 Å². The van der Waals surface area contributed by atoms with Crippen molar-refractivity contribution in [1.29, 1.82) is 0 Å². The molecule has 2 aromatic rings. The van der Waals surface area contributed by atoms with E-state index in [9.17, 15) is 5.11 Å². The van der Waals surface area contributed by atoms with Gasteiger partial charge < -0.3 is 5.11 Å². The monoisotopic (exact) mass is 282 g/mol. The Hall–Kier alpha value is -1.20. The van der Waals surface area contributed by atoms with Crippen LogP contribution in [0.15, 0.2) is 39.2 Å². The van der Waals surface area contributed by atoms with Gasteiger partial charge in [-0.25, -0.2) is 9.98 Å². The molecule has 0 saturated heterocycles. The SMILES string of the molecule is Oc1ccc(Br)c(/C=N/c2nccs2)c1. The van der Waals surface area contributed by atoms with E-state index >= 15 is 0 Å². The Morgan fingerprint density at radius 1 is 1.47 bits per heavy atom. The summed E-state index contributed by atoms with van der Waals surface area (Å²) < 4.78 is 0.889. The second-order valence-electron chi connectivity index (χ2n) is 2.78. The Kier molecular flexibility index (Phi) is 3.13. The van der Waals surface area contributed by atoms with Gasteiger partial charge in [-0.1, -0.05) is 15.9 Å². The predicted molar refractivity (Wildman–Crippen MR) is 65.2 cm³/mol. The van der Waals surface area contributed by atoms with Crippen molar-refractivity contribution in [3.8, 4) is 5.75 Å². The lowest BCUT2D eigenvalue weighted by Crippen LogP contribution is -1.82. The fraction of sp³-hybridized carbons (Fsp3) is 0. The summed E-state index contributed by atoms with van der Waals surface area (Å²) in [6, 6.07) is 5.03. The number of aromatic nitrogens is 1. The highest BCUT2D eigenvalue weighted by Crippen LogP contribution is 2.21. The van der Waals surface area contributed by atoms with Gasteiger partial charge in [0.15, 0.2) is 0 Å². The van der Waals surface area contributed by atoms with Gasteiger partial charge in [-0.2, -0.15) is 0 Å². The quantitative estimate of drug-likeness (QED) is 0.859. The van der Waals surface area contributed by atoms with E-state index in [-0.39, 0.29) is 5.75 Å². The third-order valence-corrected chi connectivity index (χ3v) is 3.11. The minimum atomic E-state index is 0.221. The van der Waals surface area contributed by atoms with Crippen LogP contribution in [-0.2, 0) is 0 Å². The van der Waals surface area contributed by atoms with Crippen LogP contribution in [-0.4, -0.2) is 16.3 Å². The largest absolute Gasteiger partial charge is 0.508 e. The summed E-state index contributed by atoms with van der Waals surface area (Å²) in [6.07, 6.45) is 3.37. The average Bonchev–Trinajstić information content (AvgIpc) is 2.72. The highest BCUT2D eigenvalue weighted by molar-refractivity contribution is 9.10.